The molecule has 2 fully saturated rings. The van der Waals surface area contributed by atoms with Gasteiger partial charge in [-0.15, -0.1) is 10.2 Å². The predicted molar refractivity (Wildman–Crippen MR) is 116 cm³/mol. The van der Waals surface area contributed by atoms with Crippen LogP contribution in [0.1, 0.15) is 55.6 Å². The van der Waals surface area contributed by atoms with Crippen LogP contribution in [0.15, 0.2) is 22.6 Å². The van der Waals surface area contributed by atoms with Crippen LogP contribution in [0.2, 0.25) is 0 Å². The third-order valence-corrected chi connectivity index (χ3v) is 6.53. The van der Waals surface area contributed by atoms with Gasteiger partial charge in [0, 0.05) is 32.7 Å². The van der Waals surface area contributed by atoms with Gasteiger partial charge in [0.25, 0.3) is 5.89 Å². The molecule has 1 N–H and O–H groups in total. The Balaban J connectivity index is 1.57. The Morgan fingerprint density at radius 2 is 1.85 bits per heavy atom. The number of hydrogen-bond acceptors (Lipinski definition) is 6. The first kappa shape index (κ1) is 23.3. The standard InChI is InChI=1S/C23H29F2N5O3/c1-29(2)23(32)17-9-6-12-30(15-7-4-3-5-8-15)19(17)26-20(31)22-28-27-21(33-22)16-11-10-14(24)13-18(16)25/h10-11,13,15,17,19H,3-9,12H2,1-2H3,(H,26,31)/t17-,19?/m0/s1. The maximum absolute atomic E-state index is 14.1. The van der Waals surface area contributed by atoms with Crippen LogP contribution in [0, 0.1) is 17.6 Å². The largest absolute Gasteiger partial charge is 0.412 e. The van der Waals surface area contributed by atoms with Crippen molar-refractivity contribution in [1.82, 2.24) is 25.3 Å². The zero-order chi connectivity index (χ0) is 23.5. The van der Waals surface area contributed by atoms with Crippen molar-refractivity contribution in [3.05, 3.63) is 35.7 Å². The lowest BCUT2D eigenvalue weighted by atomic mass is 9.87. The Kier molecular flexibility index (Phi) is 7.02. The minimum atomic E-state index is -0.863. The van der Waals surface area contributed by atoms with Gasteiger partial charge in [-0.2, -0.15) is 0 Å². The van der Waals surface area contributed by atoms with Crippen molar-refractivity contribution >= 4 is 11.8 Å². The summed E-state index contributed by atoms with van der Waals surface area (Å²) in [6.07, 6.45) is 6.57. The molecule has 0 spiro atoms. The number of nitrogens with one attached hydrogen (secondary N) is 1. The van der Waals surface area contributed by atoms with Crippen molar-refractivity contribution in [2.75, 3.05) is 20.6 Å². The molecule has 1 aromatic carbocycles. The van der Waals surface area contributed by atoms with Crippen LogP contribution in [0.3, 0.4) is 0 Å². The molecule has 2 atom stereocenters. The number of aromatic nitrogens is 2. The smallest absolute Gasteiger partial charge is 0.310 e. The van der Waals surface area contributed by atoms with Crippen LogP contribution < -0.4 is 5.32 Å². The van der Waals surface area contributed by atoms with Crippen molar-refractivity contribution < 1.29 is 22.8 Å². The molecule has 1 saturated carbocycles. The highest BCUT2D eigenvalue weighted by Gasteiger charge is 2.41. The van der Waals surface area contributed by atoms with E-state index in [1.54, 1.807) is 19.0 Å². The molecule has 2 aromatic rings. The summed E-state index contributed by atoms with van der Waals surface area (Å²) in [5.41, 5.74) is -0.0925. The number of nitrogens with zero attached hydrogens (tertiary/aromatic N) is 4. The van der Waals surface area contributed by atoms with Gasteiger partial charge < -0.3 is 14.6 Å². The molecular formula is C23H29F2N5O3. The Hall–Kier alpha value is -2.88. The van der Waals surface area contributed by atoms with Gasteiger partial charge in [0.05, 0.1) is 17.6 Å². The van der Waals surface area contributed by atoms with E-state index in [1.807, 2.05) is 0 Å². The predicted octanol–water partition coefficient (Wildman–Crippen LogP) is 3.20. The van der Waals surface area contributed by atoms with Crippen LogP contribution in [-0.4, -0.2) is 64.7 Å². The molecule has 1 unspecified atom stereocenters. The van der Waals surface area contributed by atoms with Crippen LogP contribution in [0.4, 0.5) is 8.78 Å². The molecule has 1 aliphatic heterocycles. The number of benzene rings is 1. The molecule has 178 valence electrons. The van der Waals surface area contributed by atoms with E-state index in [-0.39, 0.29) is 23.3 Å². The average molecular weight is 462 g/mol. The van der Waals surface area contributed by atoms with Gasteiger partial charge in [-0.25, -0.2) is 8.78 Å². The van der Waals surface area contributed by atoms with E-state index in [1.165, 1.54) is 12.5 Å². The summed E-state index contributed by atoms with van der Waals surface area (Å²) >= 11 is 0. The SMILES string of the molecule is CN(C)C(=O)[C@H]1CCCN(C2CCCCC2)C1NC(=O)c1nnc(-c2ccc(F)cc2F)o1. The minimum Gasteiger partial charge on any atom is -0.412 e. The Bertz CT molecular complexity index is 1010. The summed E-state index contributed by atoms with van der Waals surface area (Å²) in [5.74, 6) is -3.20. The Morgan fingerprint density at radius 1 is 1.09 bits per heavy atom. The highest BCUT2D eigenvalue weighted by molar-refractivity contribution is 5.90. The zero-order valence-corrected chi connectivity index (χ0v) is 18.9. The highest BCUT2D eigenvalue weighted by atomic mass is 19.1. The van der Waals surface area contributed by atoms with Crippen molar-refractivity contribution in [3.8, 4) is 11.5 Å². The summed E-state index contributed by atoms with van der Waals surface area (Å²) < 4.78 is 32.7. The van der Waals surface area contributed by atoms with Gasteiger partial charge in [0.15, 0.2) is 0 Å². The second kappa shape index (κ2) is 9.94. The van der Waals surface area contributed by atoms with Gasteiger partial charge >= 0.3 is 11.8 Å². The highest BCUT2D eigenvalue weighted by Crippen LogP contribution is 2.31. The molecule has 33 heavy (non-hydrogen) atoms. The number of piperidine rings is 1. The second-order valence-corrected chi connectivity index (χ2v) is 8.97. The molecule has 0 bridgehead atoms. The topological polar surface area (TPSA) is 91.6 Å². The lowest BCUT2D eigenvalue weighted by Crippen LogP contribution is -2.61. The molecule has 1 aromatic heterocycles. The second-order valence-electron chi connectivity index (χ2n) is 8.97. The minimum absolute atomic E-state index is 0.0413. The van der Waals surface area contributed by atoms with Gasteiger partial charge in [-0.3, -0.25) is 14.5 Å². The number of amides is 2. The lowest BCUT2D eigenvalue weighted by molar-refractivity contribution is -0.138. The van der Waals surface area contributed by atoms with Crippen LogP contribution in [0.5, 0.6) is 0 Å². The number of halogens is 2. The lowest BCUT2D eigenvalue weighted by Gasteiger charge is -2.46. The quantitative estimate of drug-likeness (QED) is 0.735. The molecule has 2 aliphatic rings. The van der Waals surface area contributed by atoms with E-state index in [0.717, 1.165) is 44.7 Å². The number of hydrogen-bond donors (Lipinski definition) is 1. The molecule has 1 aliphatic carbocycles. The summed E-state index contributed by atoms with van der Waals surface area (Å²) in [6, 6.07) is 3.26. The summed E-state index contributed by atoms with van der Waals surface area (Å²) in [4.78, 5) is 29.8. The van der Waals surface area contributed by atoms with Gasteiger partial charge in [0.1, 0.15) is 11.6 Å². The molecule has 10 heteroatoms. The fraction of sp³-hybridized carbons (Fsp3) is 0.565. The summed E-state index contributed by atoms with van der Waals surface area (Å²) in [7, 11) is 3.42. The average Bonchev–Trinajstić information content (AvgIpc) is 3.29. The molecule has 2 amide bonds. The van der Waals surface area contributed by atoms with E-state index in [4.69, 9.17) is 4.42 Å². The molecular weight excluding hydrogens is 432 g/mol. The van der Waals surface area contributed by atoms with Gasteiger partial charge in [-0.05, 0) is 37.8 Å². The number of rotatable bonds is 5. The molecule has 0 radical (unpaired) electrons. The molecule has 8 nitrogen and oxygen atoms in total. The van der Waals surface area contributed by atoms with E-state index in [2.05, 4.69) is 20.4 Å². The van der Waals surface area contributed by atoms with E-state index >= 15 is 0 Å². The number of carbonyl (C=O) groups is 2. The number of likely N-dealkylation sites (tertiary alicyclic amines) is 1. The van der Waals surface area contributed by atoms with E-state index in [0.29, 0.717) is 18.5 Å². The fourth-order valence-corrected chi connectivity index (χ4v) is 4.90. The van der Waals surface area contributed by atoms with Gasteiger partial charge in [0.2, 0.25) is 5.91 Å². The van der Waals surface area contributed by atoms with Crippen molar-refractivity contribution in [1.29, 1.82) is 0 Å². The van der Waals surface area contributed by atoms with E-state index in [9.17, 15) is 18.4 Å². The first-order chi connectivity index (χ1) is 15.8. The molecule has 1 saturated heterocycles. The summed E-state index contributed by atoms with van der Waals surface area (Å²) in [5, 5.41) is 10.5. The zero-order valence-electron chi connectivity index (χ0n) is 18.9. The maximum atomic E-state index is 14.1. The summed E-state index contributed by atoms with van der Waals surface area (Å²) in [6.45, 7) is 0.794. The van der Waals surface area contributed by atoms with Crippen molar-refractivity contribution in [3.63, 3.8) is 0 Å². The molecule has 2 heterocycles. The van der Waals surface area contributed by atoms with E-state index < -0.39 is 29.6 Å². The normalized spacial score (nSPS) is 22.2. The van der Waals surface area contributed by atoms with Gasteiger partial charge in [-0.1, -0.05) is 19.3 Å². The Labute approximate surface area is 191 Å². The van der Waals surface area contributed by atoms with Crippen LogP contribution >= 0.6 is 0 Å². The van der Waals surface area contributed by atoms with Crippen LogP contribution in [-0.2, 0) is 4.79 Å². The third-order valence-electron chi connectivity index (χ3n) is 6.53. The Morgan fingerprint density at radius 3 is 2.55 bits per heavy atom. The van der Waals surface area contributed by atoms with Crippen LogP contribution in [0.25, 0.3) is 11.5 Å². The third kappa shape index (κ3) is 5.05. The molecule has 4 rings (SSSR count). The first-order valence-electron chi connectivity index (χ1n) is 11.4. The number of carbonyl (C=O) groups excluding carboxylic acids is 2. The first-order valence-corrected chi connectivity index (χ1v) is 11.4. The van der Waals surface area contributed by atoms with Crippen molar-refractivity contribution in [2.24, 2.45) is 5.92 Å². The maximum Gasteiger partial charge on any atom is 0.310 e. The monoisotopic (exact) mass is 461 g/mol. The van der Waals surface area contributed by atoms with Crippen molar-refractivity contribution in [2.45, 2.75) is 57.2 Å². The fourth-order valence-electron chi connectivity index (χ4n) is 4.90.